The number of tetrazole rings is 1. The number of nitrogens with one attached hydrogen (secondary N) is 1. The molecule has 0 aliphatic heterocycles. The maximum Gasteiger partial charge on any atom is 0.245 e. The molecule has 0 aliphatic rings. The minimum atomic E-state index is -0.483. The van der Waals surface area contributed by atoms with E-state index in [1.807, 2.05) is 36.4 Å². The number of aryl methyl sites for hydroxylation is 2. The molecule has 6 heteroatoms. The van der Waals surface area contributed by atoms with Gasteiger partial charge in [-0.2, -0.15) is 0 Å². The Kier molecular flexibility index (Phi) is 5.18. The van der Waals surface area contributed by atoms with E-state index in [1.54, 1.807) is 0 Å². The summed E-state index contributed by atoms with van der Waals surface area (Å²) in [6, 6.07) is 15.6. The topological polar surface area (TPSA) is 72.7 Å². The van der Waals surface area contributed by atoms with Gasteiger partial charge in [0.25, 0.3) is 0 Å². The minimum absolute atomic E-state index is 0.101. The summed E-state index contributed by atoms with van der Waals surface area (Å²) in [6.45, 7) is 4.60. The van der Waals surface area contributed by atoms with Gasteiger partial charge in [0.15, 0.2) is 0 Å². The fourth-order valence-electron chi connectivity index (χ4n) is 2.80. The van der Waals surface area contributed by atoms with Crippen molar-refractivity contribution < 1.29 is 4.79 Å². The van der Waals surface area contributed by atoms with Crippen molar-refractivity contribution >= 4 is 5.91 Å². The molecule has 6 nitrogen and oxygen atoms in total. The Morgan fingerprint density at radius 1 is 1.16 bits per heavy atom. The highest BCUT2D eigenvalue weighted by Crippen LogP contribution is 2.15. The molecule has 0 saturated heterocycles. The molecule has 1 aromatic heterocycles. The zero-order chi connectivity index (χ0) is 17.6. The Labute approximate surface area is 146 Å². The summed E-state index contributed by atoms with van der Waals surface area (Å²) in [5.41, 5.74) is 4.55. The van der Waals surface area contributed by atoms with Gasteiger partial charge in [-0.3, -0.25) is 4.79 Å². The Morgan fingerprint density at radius 2 is 1.96 bits per heavy atom. The second-order valence-corrected chi connectivity index (χ2v) is 6.14. The van der Waals surface area contributed by atoms with Crippen LogP contribution in [0.2, 0.25) is 0 Å². The predicted molar refractivity (Wildman–Crippen MR) is 94.8 cm³/mol. The molecule has 1 N–H and O–H groups in total. The lowest BCUT2D eigenvalue weighted by Crippen LogP contribution is -2.34. The number of carbonyl (C=O) groups excluding carboxylic acids is 1. The third-order valence-electron chi connectivity index (χ3n) is 4.21. The van der Waals surface area contributed by atoms with E-state index in [2.05, 4.69) is 46.8 Å². The van der Waals surface area contributed by atoms with E-state index < -0.39 is 6.04 Å². The van der Waals surface area contributed by atoms with E-state index in [0.29, 0.717) is 13.0 Å². The van der Waals surface area contributed by atoms with E-state index in [9.17, 15) is 4.79 Å². The van der Waals surface area contributed by atoms with Crippen LogP contribution in [0.3, 0.4) is 0 Å². The van der Waals surface area contributed by atoms with Crippen molar-refractivity contribution in [2.24, 2.45) is 0 Å². The second kappa shape index (κ2) is 7.70. The SMILES string of the molecule is Cc1ccc(CNC(=O)C(Cc2ccccc2)n2cnnn2)c(C)c1. The van der Waals surface area contributed by atoms with Gasteiger partial charge in [0.1, 0.15) is 12.4 Å². The maximum absolute atomic E-state index is 12.8. The number of aromatic nitrogens is 4. The zero-order valence-corrected chi connectivity index (χ0v) is 14.4. The van der Waals surface area contributed by atoms with E-state index in [0.717, 1.165) is 11.1 Å². The summed E-state index contributed by atoms with van der Waals surface area (Å²) in [7, 11) is 0. The smallest absolute Gasteiger partial charge is 0.245 e. The first-order valence-electron chi connectivity index (χ1n) is 8.24. The molecule has 25 heavy (non-hydrogen) atoms. The van der Waals surface area contributed by atoms with Gasteiger partial charge in [-0.05, 0) is 41.0 Å². The third-order valence-corrected chi connectivity index (χ3v) is 4.21. The number of benzene rings is 2. The molecule has 1 amide bonds. The summed E-state index contributed by atoms with van der Waals surface area (Å²) in [6.07, 6.45) is 2.01. The molecule has 0 spiro atoms. The van der Waals surface area contributed by atoms with Crippen LogP contribution in [0.4, 0.5) is 0 Å². The highest BCUT2D eigenvalue weighted by Gasteiger charge is 2.22. The Bertz CT molecular complexity index is 830. The second-order valence-electron chi connectivity index (χ2n) is 6.14. The van der Waals surface area contributed by atoms with Crippen molar-refractivity contribution in [1.82, 2.24) is 25.5 Å². The van der Waals surface area contributed by atoms with Gasteiger partial charge in [0.05, 0.1) is 0 Å². The van der Waals surface area contributed by atoms with Gasteiger partial charge < -0.3 is 5.32 Å². The standard InChI is InChI=1S/C19H21N5O/c1-14-8-9-17(15(2)10-14)12-20-19(25)18(24-13-21-22-23-24)11-16-6-4-3-5-7-16/h3-10,13,18H,11-12H2,1-2H3,(H,20,25). The van der Waals surface area contributed by atoms with Crippen LogP contribution in [-0.2, 0) is 17.8 Å². The predicted octanol–water partition coefficient (Wildman–Crippen LogP) is 2.39. The van der Waals surface area contributed by atoms with Crippen molar-refractivity contribution in [1.29, 1.82) is 0 Å². The van der Waals surface area contributed by atoms with Crippen molar-refractivity contribution in [3.8, 4) is 0 Å². The maximum atomic E-state index is 12.8. The van der Waals surface area contributed by atoms with Crippen molar-refractivity contribution in [2.75, 3.05) is 0 Å². The van der Waals surface area contributed by atoms with Crippen LogP contribution in [0, 0.1) is 13.8 Å². The molecule has 0 bridgehead atoms. The summed E-state index contributed by atoms with van der Waals surface area (Å²) < 4.78 is 1.50. The average molecular weight is 335 g/mol. The van der Waals surface area contributed by atoms with E-state index >= 15 is 0 Å². The number of hydrogen-bond donors (Lipinski definition) is 1. The number of amides is 1. The minimum Gasteiger partial charge on any atom is -0.350 e. The Hall–Kier alpha value is -3.02. The molecule has 1 atom stereocenters. The largest absolute Gasteiger partial charge is 0.350 e. The van der Waals surface area contributed by atoms with Crippen LogP contribution in [0.25, 0.3) is 0 Å². The first-order valence-corrected chi connectivity index (χ1v) is 8.24. The zero-order valence-electron chi connectivity index (χ0n) is 14.4. The third kappa shape index (κ3) is 4.29. The summed E-state index contributed by atoms with van der Waals surface area (Å²) in [5.74, 6) is -0.101. The number of rotatable bonds is 6. The van der Waals surface area contributed by atoms with Gasteiger partial charge in [0.2, 0.25) is 5.91 Å². The van der Waals surface area contributed by atoms with Gasteiger partial charge >= 0.3 is 0 Å². The van der Waals surface area contributed by atoms with E-state index in [1.165, 1.54) is 22.1 Å². The van der Waals surface area contributed by atoms with Crippen LogP contribution in [-0.4, -0.2) is 26.1 Å². The van der Waals surface area contributed by atoms with Gasteiger partial charge in [0, 0.05) is 13.0 Å². The summed E-state index contributed by atoms with van der Waals surface area (Å²) in [5, 5.41) is 14.2. The lowest BCUT2D eigenvalue weighted by molar-refractivity contribution is -0.124. The van der Waals surface area contributed by atoms with Gasteiger partial charge in [-0.25, -0.2) is 4.68 Å². The van der Waals surface area contributed by atoms with Crippen LogP contribution in [0.15, 0.2) is 54.9 Å². The number of hydrogen-bond acceptors (Lipinski definition) is 4. The molecule has 1 heterocycles. The first-order chi connectivity index (χ1) is 12.1. The van der Waals surface area contributed by atoms with Crippen LogP contribution < -0.4 is 5.32 Å². The van der Waals surface area contributed by atoms with Crippen molar-refractivity contribution in [3.63, 3.8) is 0 Å². The Morgan fingerprint density at radius 3 is 2.64 bits per heavy atom. The molecular formula is C19H21N5O. The Balaban J connectivity index is 1.73. The average Bonchev–Trinajstić information content (AvgIpc) is 3.14. The molecule has 0 fully saturated rings. The van der Waals surface area contributed by atoms with E-state index in [-0.39, 0.29) is 5.91 Å². The first kappa shape index (κ1) is 16.8. The normalized spacial score (nSPS) is 11.9. The molecule has 3 rings (SSSR count). The molecule has 1 unspecified atom stereocenters. The van der Waals surface area contributed by atoms with Crippen molar-refractivity contribution in [2.45, 2.75) is 32.9 Å². The van der Waals surface area contributed by atoms with Crippen LogP contribution in [0.1, 0.15) is 28.3 Å². The van der Waals surface area contributed by atoms with Crippen molar-refractivity contribution in [3.05, 3.63) is 77.1 Å². The molecule has 0 saturated carbocycles. The summed E-state index contributed by atoms with van der Waals surface area (Å²) in [4.78, 5) is 12.8. The molecule has 3 aromatic rings. The molecular weight excluding hydrogens is 314 g/mol. The fourth-order valence-corrected chi connectivity index (χ4v) is 2.80. The number of nitrogens with zero attached hydrogens (tertiary/aromatic N) is 4. The van der Waals surface area contributed by atoms with Gasteiger partial charge in [-0.15, -0.1) is 5.10 Å². The molecule has 2 aromatic carbocycles. The highest BCUT2D eigenvalue weighted by atomic mass is 16.2. The quantitative estimate of drug-likeness (QED) is 0.751. The lowest BCUT2D eigenvalue weighted by Gasteiger charge is -2.17. The lowest BCUT2D eigenvalue weighted by atomic mass is 10.0. The van der Waals surface area contributed by atoms with E-state index in [4.69, 9.17) is 0 Å². The van der Waals surface area contributed by atoms with Crippen LogP contribution in [0.5, 0.6) is 0 Å². The van der Waals surface area contributed by atoms with Gasteiger partial charge in [-0.1, -0.05) is 54.1 Å². The summed E-state index contributed by atoms with van der Waals surface area (Å²) >= 11 is 0. The fraction of sp³-hybridized carbons (Fsp3) is 0.263. The number of carbonyl (C=O) groups is 1. The van der Waals surface area contributed by atoms with Crippen LogP contribution >= 0.6 is 0 Å². The monoisotopic (exact) mass is 335 g/mol. The highest BCUT2D eigenvalue weighted by molar-refractivity contribution is 5.80. The molecule has 0 radical (unpaired) electrons. The molecule has 128 valence electrons. The molecule has 0 aliphatic carbocycles.